The van der Waals surface area contributed by atoms with E-state index in [4.69, 9.17) is 9.15 Å². The van der Waals surface area contributed by atoms with Crippen LogP contribution in [0.4, 0.5) is 10.1 Å². The summed E-state index contributed by atoms with van der Waals surface area (Å²) in [4.78, 5) is 13.5. The topological polar surface area (TPSA) is 67.3 Å². The van der Waals surface area contributed by atoms with Crippen molar-refractivity contribution < 1.29 is 13.5 Å². The first-order chi connectivity index (χ1) is 10.2. The third kappa shape index (κ3) is 3.44. The summed E-state index contributed by atoms with van der Waals surface area (Å²) in [6.45, 7) is 2.41. The van der Waals surface area contributed by atoms with Gasteiger partial charge in [-0.2, -0.15) is 0 Å². The van der Waals surface area contributed by atoms with Crippen molar-refractivity contribution >= 4 is 16.8 Å². The molecule has 1 atom stereocenters. The van der Waals surface area contributed by atoms with Crippen LogP contribution in [0.1, 0.15) is 25.7 Å². The first-order valence-electron chi connectivity index (χ1n) is 7.36. The zero-order chi connectivity index (χ0) is 14.7. The number of rotatable bonds is 5. The van der Waals surface area contributed by atoms with Gasteiger partial charge in [0.1, 0.15) is 5.82 Å². The Morgan fingerprint density at radius 2 is 2.33 bits per heavy atom. The molecule has 3 rings (SSSR count). The molecule has 1 aromatic carbocycles. The second-order valence-electron chi connectivity index (χ2n) is 5.49. The lowest BCUT2D eigenvalue weighted by molar-refractivity contribution is 0.0513. The first-order valence-corrected chi connectivity index (χ1v) is 7.36. The fourth-order valence-electron chi connectivity index (χ4n) is 2.76. The number of hydrogen-bond acceptors (Lipinski definition) is 4. The van der Waals surface area contributed by atoms with E-state index in [0.29, 0.717) is 29.2 Å². The lowest BCUT2D eigenvalue weighted by Crippen LogP contribution is -2.18. The summed E-state index contributed by atoms with van der Waals surface area (Å²) in [5.74, 6) is -0.338. The summed E-state index contributed by atoms with van der Waals surface area (Å²) < 4.78 is 24.2. The maximum atomic E-state index is 13.9. The normalized spacial score (nSPS) is 19.0. The summed E-state index contributed by atoms with van der Waals surface area (Å²) in [5.41, 5.74) is 1.11. The summed E-state index contributed by atoms with van der Waals surface area (Å²) in [7, 11) is 0. The molecule has 5 nitrogen and oxygen atoms in total. The van der Waals surface area contributed by atoms with Gasteiger partial charge < -0.3 is 14.5 Å². The minimum atomic E-state index is -0.571. The molecule has 0 amide bonds. The van der Waals surface area contributed by atoms with Gasteiger partial charge in [-0.3, -0.25) is 4.98 Å². The van der Waals surface area contributed by atoms with Crippen molar-refractivity contribution in [1.82, 2.24) is 4.98 Å². The summed E-state index contributed by atoms with van der Waals surface area (Å²) in [6, 6.07) is 2.80. The highest BCUT2D eigenvalue weighted by atomic mass is 19.1. The van der Waals surface area contributed by atoms with Crippen LogP contribution >= 0.6 is 0 Å². The van der Waals surface area contributed by atoms with Gasteiger partial charge >= 0.3 is 5.76 Å². The lowest BCUT2D eigenvalue weighted by Gasteiger charge is -2.21. The number of benzene rings is 1. The standard InChI is InChI=1S/C15H19FN2O3/c16-11-7-13-14(21-15(19)18-13)8-12(11)17-5-1-3-10-4-2-6-20-9-10/h7-8,10,17H,1-6,9H2,(H,18,19). The Bertz CT molecular complexity index is 658. The van der Waals surface area contributed by atoms with Crippen LogP contribution in [0.2, 0.25) is 0 Å². The van der Waals surface area contributed by atoms with Crippen LogP contribution in [0, 0.1) is 11.7 Å². The number of ether oxygens (including phenoxy) is 1. The number of nitrogens with one attached hydrogen (secondary N) is 2. The van der Waals surface area contributed by atoms with Crippen molar-refractivity contribution in [3.8, 4) is 0 Å². The Balaban J connectivity index is 1.54. The van der Waals surface area contributed by atoms with E-state index in [1.165, 1.54) is 18.6 Å². The van der Waals surface area contributed by atoms with Crippen LogP contribution in [0.3, 0.4) is 0 Å². The molecule has 2 heterocycles. The quantitative estimate of drug-likeness (QED) is 0.832. The third-order valence-electron chi connectivity index (χ3n) is 3.87. The van der Waals surface area contributed by atoms with Crippen molar-refractivity contribution in [2.24, 2.45) is 5.92 Å². The van der Waals surface area contributed by atoms with Crippen LogP contribution in [0.15, 0.2) is 21.3 Å². The maximum Gasteiger partial charge on any atom is 0.417 e. The zero-order valence-electron chi connectivity index (χ0n) is 11.8. The molecular weight excluding hydrogens is 275 g/mol. The highest BCUT2D eigenvalue weighted by Gasteiger charge is 2.13. The fourth-order valence-corrected chi connectivity index (χ4v) is 2.76. The number of hydrogen-bond donors (Lipinski definition) is 2. The summed E-state index contributed by atoms with van der Waals surface area (Å²) in [5, 5.41) is 3.06. The van der Waals surface area contributed by atoms with Gasteiger partial charge in [-0.15, -0.1) is 0 Å². The Morgan fingerprint density at radius 3 is 3.14 bits per heavy atom. The van der Waals surface area contributed by atoms with Gasteiger partial charge in [0.2, 0.25) is 0 Å². The van der Waals surface area contributed by atoms with Crippen LogP contribution in [-0.2, 0) is 4.74 Å². The Hall–Kier alpha value is -1.82. The molecule has 114 valence electrons. The average molecular weight is 294 g/mol. The van der Waals surface area contributed by atoms with E-state index >= 15 is 0 Å². The van der Waals surface area contributed by atoms with Crippen LogP contribution in [0.5, 0.6) is 0 Å². The van der Waals surface area contributed by atoms with Gasteiger partial charge in [0.15, 0.2) is 5.58 Å². The SMILES string of the molecule is O=c1[nH]c2cc(F)c(NCCCC3CCCOC3)cc2o1. The van der Waals surface area contributed by atoms with Gasteiger partial charge in [-0.1, -0.05) is 0 Å². The predicted octanol–water partition coefficient (Wildman–Crippen LogP) is 2.88. The minimum Gasteiger partial charge on any atom is -0.408 e. The maximum absolute atomic E-state index is 13.9. The zero-order valence-corrected chi connectivity index (χ0v) is 11.8. The molecule has 1 unspecified atom stereocenters. The fraction of sp³-hybridized carbons (Fsp3) is 0.533. The lowest BCUT2D eigenvalue weighted by atomic mass is 9.97. The molecule has 1 aromatic heterocycles. The van der Waals surface area contributed by atoms with Gasteiger partial charge in [-0.25, -0.2) is 9.18 Å². The van der Waals surface area contributed by atoms with Crippen LogP contribution in [-0.4, -0.2) is 24.7 Å². The van der Waals surface area contributed by atoms with Gasteiger partial charge in [0.25, 0.3) is 0 Å². The molecule has 0 radical (unpaired) electrons. The highest BCUT2D eigenvalue weighted by molar-refractivity contribution is 5.77. The Labute approximate surface area is 121 Å². The molecule has 0 aliphatic carbocycles. The predicted molar refractivity (Wildman–Crippen MR) is 78.1 cm³/mol. The van der Waals surface area contributed by atoms with Gasteiger partial charge in [0.05, 0.1) is 11.2 Å². The van der Waals surface area contributed by atoms with Gasteiger partial charge in [0, 0.05) is 31.9 Å². The molecule has 1 aliphatic heterocycles. The number of halogens is 1. The summed E-state index contributed by atoms with van der Waals surface area (Å²) in [6.07, 6.45) is 4.39. The molecule has 6 heteroatoms. The van der Waals surface area contributed by atoms with Crippen molar-refractivity contribution in [3.05, 3.63) is 28.5 Å². The smallest absolute Gasteiger partial charge is 0.408 e. The second-order valence-corrected chi connectivity index (χ2v) is 5.49. The molecular formula is C15H19FN2O3. The van der Waals surface area contributed by atoms with Crippen LogP contribution < -0.4 is 11.1 Å². The Morgan fingerprint density at radius 1 is 1.43 bits per heavy atom. The monoisotopic (exact) mass is 294 g/mol. The number of aromatic nitrogens is 1. The van der Waals surface area contributed by atoms with E-state index in [2.05, 4.69) is 10.3 Å². The molecule has 0 saturated carbocycles. The van der Waals surface area contributed by atoms with Crippen molar-refractivity contribution in [2.75, 3.05) is 25.1 Å². The average Bonchev–Trinajstić information content (AvgIpc) is 2.83. The van der Waals surface area contributed by atoms with E-state index in [9.17, 15) is 9.18 Å². The molecule has 0 spiro atoms. The first kappa shape index (κ1) is 14.1. The summed E-state index contributed by atoms with van der Waals surface area (Å²) >= 11 is 0. The number of aromatic amines is 1. The van der Waals surface area contributed by atoms with Crippen molar-refractivity contribution in [3.63, 3.8) is 0 Å². The van der Waals surface area contributed by atoms with E-state index in [-0.39, 0.29) is 5.82 Å². The molecule has 1 saturated heterocycles. The third-order valence-corrected chi connectivity index (χ3v) is 3.87. The van der Waals surface area contributed by atoms with Crippen molar-refractivity contribution in [1.29, 1.82) is 0 Å². The van der Waals surface area contributed by atoms with E-state index < -0.39 is 5.76 Å². The molecule has 1 fully saturated rings. The van der Waals surface area contributed by atoms with Crippen LogP contribution in [0.25, 0.3) is 11.1 Å². The molecule has 21 heavy (non-hydrogen) atoms. The number of oxazole rings is 1. The van der Waals surface area contributed by atoms with E-state index in [1.807, 2.05) is 0 Å². The minimum absolute atomic E-state index is 0.365. The number of H-pyrrole nitrogens is 1. The number of anilines is 1. The Kier molecular flexibility index (Phi) is 4.24. The highest BCUT2D eigenvalue weighted by Crippen LogP contribution is 2.22. The molecule has 2 N–H and O–H groups in total. The van der Waals surface area contributed by atoms with Gasteiger partial charge in [-0.05, 0) is 31.6 Å². The van der Waals surface area contributed by atoms with E-state index in [0.717, 1.165) is 32.5 Å². The largest absolute Gasteiger partial charge is 0.417 e. The molecule has 1 aliphatic rings. The molecule has 0 bridgehead atoms. The van der Waals surface area contributed by atoms with E-state index in [1.54, 1.807) is 0 Å². The number of fused-ring (bicyclic) bond motifs is 1. The second kappa shape index (κ2) is 6.30. The van der Waals surface area contributed by atoms with Crippen molar-refractivity contribution in [2.45, 2.75) is 25.7 Å². The molecule has 2 aromatic rings.